The van der Waals surface area contributed by atoms with E-state index < -0.39 is 12.0 Å². The van der Waals surface area contributed by atoms with E-state index in [1.54, 1.807) is 25.1 Å². The Morgan fingerprint density at radius 2 is 2.27 bits per heavy atom. The van der Waals surface area contributed by atoms with Crippen LogP contribution in [0.3, 0.4) is 0 Å². The van der Waals surface area contributed by atoms with Gasteiger partial charge in [0, 0.05) is 12.7 Å². The van der Waals surface area contributed by atoms with Crippen LogP contribution in [0, 0.1) is 6.92 Å². The molecule has 4 nitrogen and oxygen atoms in total. The van der Waals surface area contributed by atoms with Crippen LogP contribution in [0.4, 0.5) is 0 Å². The Morgan fingerprint density at radius 1 is 1.60 bits per heavy atom. The maximum atomic E-state index is 10.7. The van der Waals surface area contributed by atoms with Gasteiger partial charge in [-0.05, 0) is 32.5 Å². The molecule has 0 aliphatic heterocycles. The average Bonchev–Trinajstić information content (AvgIpc) is 2.20. The highest BCUT2D eigenvalue weighted by Crippen LogP contribution is 2.04. The number of aliphatic carboxylic acids is 1. The largest absolute Gasteiger partial charge is 0.480 e. The number of aromatic nitrogens is 1. The van der Waals surface area contributed by atoms with E-state index in [-0.39, 0.29) is 0 Å². The van der Waals surface area contributed by atoms with E-state index in [1.165, 1.54) is 0 Å². The van der Waals surface area contributed by atoms with E-state index in [9.17, 15) is 4.79 Å². The van der Waals surface area contributed by atoms with E-state index in [1.807, 2.05) is 19.1 Å². The number of carbonyl (C=O) groups is 1. The minimum absolute atomic E-state index is 0.492. The summed E-state index contributed by atoms with van der Waals surface area (Å²) in [7, 11) is 1.78. The lowest BCUT2D eigenvalue weighted by Gasteiger charge is -2.20. The SMILES string of the molecule is Cc1ccc(CN(C)C(C)C(=O)O)nc1. The molecule has 0 saturated heterocycles. The second kappa shape index (κ2) is 4.89. The standard InChI is InChI=1S/C11H16N2O2/c1-8-4-5-10(12-6-8)7-13(3)9(2)11(14)15/h4-6,9H,7H2,1-3H3,(H,14,15). The van der Waals surface area contributed by atoms with Crippen molar-refractivity contribution in [1.82, 2.24) is 9.88 Å². The smallest absolute Gasteiger partial charge is 0.320 e. The topological polar surface area (TPSA) is 53.4 Å². The van der Waals surface area contributed by atoms with E-state index in [4.69, 9.17) is 5.11 Å². The maximum Gasteiger partial charge on any atom is 0.320 e. The van der Waals surface area contributed by atoms with Gasteiger partial charge in [0.05, 0.1) is 5.69 Å². The summed E-state index contributed by atoms with van der Waals surface area (Å²) in [5, 5.41) is 8.81. The van der Waals surface area contributed by atoms with Gasteiger partial charge < -0.3 is 5.11 Å². The lowest BCUT2D eigenvalue weighted by Crippen LogP contribution is -2.35. The molecule has 0 bridgehead atoms. The van der Waals surface area contributed by atoms with Gasteiger partial charge in [-0.1, -0.05) is 6.07 Å². The molecule has 0 aliphatic rings. The Bertz CT molecular complexity index is 335. The summed E-state index contributed by atoms with van der Waals surface area (Å²) < 4.78 is 0. The number of carboxylic acids is 1. The molecule has 1 unspecified atom stereocenters. The molecule has 0 saturated carbocycles. The zero-order chi connectivity index (χ0) is 11.4. The first kappa shape index (κ1) is 11.7. The highest BCUT2D eigenvalue weighted by molar-refractivity contribution is 5.72. The molecule has 1 N–H and O–H groups in total. The molecule has 1 aromatic rings. The van der Waals surface area contributed by atoms with Crippen molar-refractivity contribution in [2.45, 2.75) is 26.4 Å². The first-order valence-corrected chi connectivity index (χ1v) is 4.85. The molecule has 1 rings (SSSR count). The summed E-state index contributed by atoms with van der Waals surface area (Å²) >= 11 is 0. The fraction of sp³-hybridized carbons (Fsp3) is 0.455. The zero-order valence-electron chi connectivity index (χ0n) is 9.27. The van der Waals surface area contributed by atoms with Gasteiger partial charge in [-0.25, -0.2) is 0 Å². The average molecular weight is 208 g/mol. The normalized spacial score (nSPS) is 12.8. The minimum Gasteiger partial charge on any atom is -0.480 e. The summed E-state index contributed by atoms with van der Waals surface area (Å²) in [4.78, 5) is 16.7. The molecule has 82 valence electrons. The molecule has 0 fully saturated rings. The molecule has 0 aromatic carbocycles. The monoisotopic (exact) mass is 208 g/mol. The molecule has 1 heterocycles. The van der Waals surface area contributed by atoms with Crippen LogP contribution in [0.1, 0.15) is 18.2 Å². The first-order chi connectivity index (χ1) is 7.00. The van der Waals surface area contributed by atoms with Crippen molar-refractivity contribution >= 4 is 5.97 Å². The maximum absolute atomic E-state index is 10.7. The Hall–Kier alpha value is -1.42. The molecule has 15 heavy (non-hydrogen) atoms. The molecule has 0 amide bonds. The van der Waals surface area contributed by atoms with Crippen molar-refractivity contribution in [1.29, 1.82) is 0 Å². The van der Waals surface area contributed by atoms with Gasteiger partial charge in [-0.15, -0.1) is 0 Å². The Balaban J connectivity index is 2.62. The molecule has 4 heteroatoms. The molecule has 0 spiro atoms. The van der Waals surface area contributed by atoms with Crippen molar-refractivity contribution in [2.75, 3.05) is 7.05 Å². The van der Waals surface area contributed by atoms with Crippen LogP contribution in [0.5, 0.6) is 0 Å². The molecule has 0 radical (unpaired) electrons. The van der Waals surface area contributed by atoms with Crippen LogP contribution in [0.15, 0.2) is 18.3 Å². The fourth-order valence-corrected chi connectivity index (χ4v) is 1.17. The summed E-state index contributed by atoms with van der Waals surface area (Å²) in [6, 6.07) is 3.40. The van der Waals surface area contributed by atoms with E-state index in [0.717, 1.165) is 11.3 Å². The lowest BCUT2D eigenvalue weighted by molar-refractivity contribution is -0.142. The number of carboxylic acid groups (broad SMARTS) is 1. The summed E-state index contributed by atoms with van der Waals surface area (Å²) in [5.41, 5.74) is 1.99. The first-order valence-electron chi connectivity index (χ1n) is 4.85. The summed E-state index contributed by atoms with van der Waals surface area (Å²) in [6.07, 6.45) is 1.79. The molecule has 0 aliphatic carbocycles. The quantitative estimate of drug-likeness (QED) is 0.810. The number of nitrogens with zero attached hydrogens (tertiary/aromatic N) is 2. The predicted molar refractivity (Wildman–Crippen MR) is 57.5 cm³/mol. The van der Waals surface area contributed by atoms with Gasteiger partial charge in [0.1, 0.15) is 6.04 Å². The Morgan fingerprint density at radius 3 is 2.73 bits per heavy atom. The fourth-order valence-electron chi connectivity index (χ4n) is 1.17. The van der Waals surface area contributed by atoms with Gasteiger partial charge in [-0.3, -0.25) is 14.7 Å². The van der Waals surface area contributed by atoms with Crippen molar-refractivity contribution < 1.29 is 9.90 Å². The number of hydrogen-bond donors (Lipinski definition) is 1. The van der Waals surface area contributed by atoms with Crippen molar-refractivity contribution in [3.05, 3.63) is 29.6 Å². The van der Waals surface area contributed by atoms with Gasteiger partial charge in [0.15, 0.2) is 0 Å². The highest BCUT2D eigenvalue weighted by atomic mass is 16.4. The van der Waals surface area contributed by atoms with Crippen molar-refractivity contribution in [2.24, 2.45) is 0 Å². The number of pyridine rings is 1. The number of rotatable bonds is 4. The van der Waals surface area contributed by atoms with Gasteiger partial charge >= 0.3 is 5.97 Å². The highest BCUT2D eigenvalue weighted by Gasteiger charge is 2.16. The van der Waals surface area contributed by atoms with E-state index in [0.29, 0.717) is 6.54 Å². The second-order valence-corrected chi connectivity index (χ2v) is 3.76. The third-order valence-electron chi connectivity index (χ3n) is 2.40. The Kier molecular flexibility index (Phi) is 3.80. The molecular weight excluding hydrogens is 192 g/mol. The third-order valence-corrected chi connectivity index (χ3v) is 2.40. The Labute approximate surface area is 89.6 Å². The van der Waals surface area contributed by atoms with Gasteiger partial charge in [0.2, 0.25) is 0 Å². The van der Waals surface area contributed by atoms with Crippen LogP contribution >= 0.6 is 0 Å². The van der Waals surface area contributed by atoms with Crippen LogP contribution < -0.4 is 0 Å². The number of likely N-dealkylation sites (N-methyl/N-ethyl adjacent to an activating group) is 1. The third kappa shape index (κ3) is 3.32. The predicted octanol–water partition coefficient (Wildman–Crippen LogP) is 1.29. The molecular formula is C11H16N2O2. The van der Waals surface area contributed by atoms with E-state index in [2.05, 4.69) is 4.98 Å². The van der Waals surface area contributed by atoms with Crippen LogP contribution in [-0.4, -0.2) is 34.0 Å². The summed E-state index contributed by atoms with van der Waals surface area (Å²) in [5.74, 6) is -0.815. The number of hydrogen-bond acceptors (Lipinski definition) is 3. The van der Waals surface area contributed by atoms with Crippen LogP contribution in [-0.2, 0) is 11.3 Å². The van der Waals surface area contributed by atoms with Gasteiger partial charge in [0.25, 0.3) is 0 Å². The van der Waals surface area contributed by atoms with Crippen LogP contribution in [0.2, 0.25) is 0 Å². The van der Waals surface area contributed by atoms with Crippen LogP contribution in [0.25, 0.3) is 0 Å². The zero-order valence-corrected chi connectivity index (χ0v) is 9.27. The molecule has 1 atom stereocenters. The summed E-state index contributed by atoms with van der Waals surface area (Å²) in [6.45, 7) is 4.19. The van der Waals surface area contributed by atoms with Crippen molar-refractivity contribution in [3.8, 4) is 0 Å². The molecule has 1 aromatic heterocycles. The van der Waals surface area contributed by atoms with Crippen molar-refractivity contribution in [3.63, 3.8) is 0 Å². The second-order valence-electron chi connectivity index (χ2n) is 3.76. The minimum atomic E-state index is -0.815. The van der Waals surface area contributed by atoms with Gasteiger partial charge in [-0.2, -0.15) is 0 Å². The lowest BCUT2D eigenvalue weighted by atomic mass is 10.2. The number of aryl methyl sites for hydroxylation is 1. The van der Waals surface area contributed by atoms with E-state index >= 15 is 0 Å².